The fraction of sp³-hybridized carbons (Fsp3) is 0.400. The highest BCUT2D eigenvalue weighted by molar-refractivity contribution is 7.15. The molecule has 0 atom stereocenters. The van der Waals surface area contributed by atoms with Crippen LogP contribution in [-0.2, 0) is 0 Å². The predicted molar refractivity (Wildman–Crippen MR) is 56.9 cm³/mol. The molecular formula is C10H12N2OS. The molecule has 0 saturated heterocycles. The molecule has 0 aliphatic carbocycles. The van der Waals surface area contributed by atoms with E-state index < -0.39 is 0 Å². The summed E-state index contributed by atoms with van der Waals surface area (Å²) in [6.45, 7) is 5.73. The van der Waals surface area contributed by atoms with Gasteiger partial charge in [0.2, 0.25) is 0 Å². The van der Waals surface area contributed by atoms with Crippen molar-refractivity contribution in [2.75, 3.05) is 0 Å². The molecule has 2 heterocycles. The van der Waals surface area contributed by atoms with Gasteiger partial charge < -0.3 is 0 Å². The number of hydrogen-bond donors (Lipinski definition) is 0. The number of ketones is 1. The third kappa shape index (κ3) is 1.35. The van der Waals surface area contributed by atoms with E-state index in [9.17, 15) is 4.79 Å². The Balaban J connectivity index is 2.54. The standard InChI is InChI=1S/C10H12N2OS/c1-10(2,3)8(13)7-9-12(6-11-7)4-5-14-9/h4-6H,1-3H3. The highest BCUT2D eigenvalue weighted by Crippen LogP contribution is 2.24. The van der Waals surface area contributed by atoms with Crippen LogP contribution >= 0.6 is 11.3 Å². The number of carbonyl (C=O) groups is 1. The lowest BCUT2D eigenvalue weighted by molar-refractivity contribution is 0.0855. The first kappa shape index (κ1) is 9.40. The number of nitrogens with zero attached hydrogens (tertiary/aromatic N) is 2. The van der Waals surface area contributed by atoms with E-state index in [2.05, 4.69) is 4.98 Å². The maximum absolute atomic E-state index is 12.0. The largest absolute Gasteiger partial charge is 0.296 e. The molecule has 0 spiro atoms. The van der Waals surface area contributed by atoms with Gasteiger partial charge in [-0.1, -0.05) is 20.8 Å². The summed E-state index contributed by atoms with van der Waals surface area (Å²) in [5.74, 6) is 0.0995. The maximum Gasteiger partial charge on any atom is 0.189 e. The van der Waals surface area contributed by atoms with E-state index in [0.717, 1.165) is 4.83 Å². The van der Waals surface area contributed by atoms with Crippen LogP contribution in [0.4, 0.5) is 0 Å². The van der Waals surface area contributed by atoms with Crippen LogP contribution < -0.4 is 0 Å². The first-order valence-electron chi connectivity index (χ1n) is 4.45. The number of carbonyl (C=O) groups excluding carboxylic acids is 1. The van der Waals surface area contributed by atoms with Gasteiger partial charge in [-0.05, 0) is 0 Å². The van der Waals surface area contributed by atoms with Gasteiger partial charge in [0.25, 0.3) is 0 Å². The van der Waals surface area contributed by atoms with Crippen molar-refractivity contribution in [1.29, 1.82) is 0 Å². The molecular weight excluding hydrogens is 196 g/mol. The zero-order chi connectivity index (χ0) is 10.3. The zero-order valence-corrected chi connectivity index (χ0v) is 9.26. The smallest absolute Gasteiger partial charge is 0.189 e. The topological polar surface area (TPSA) is 34.4 Å². The number of Topliss-reactive ketones (excluding diaryl/α,β-unsaturated/α-hetero) is 1. The van der Waals surface area contributed by atoms with E-state index in [-0.39, 0.29) is 11.2 Å². The number of rotatable bonds is 1. The highest BCUT2D eigenvalue weighted by Gasteiger charge is 2.26. The fourth-order valence-corrected chi connectivity index (χ4v) is 2.05. The van der Waals surface area contributed by atoms with Gasteiger partial charge in [0.1, 0.15) is 16.9 Å². The van der Waals surface area contributed by atoms with Gasteiger partial charge in [-0.2, -0.15) is 0 Å². The fourth-order valence-electron chi connectivity index (χ4n) is 1.24. The van der Waals surface area contributed by atoms with Crippen molar-refractivity contribution in [1.82, 2.24) is 9.38 Å². The highest BCUT2D eigenvalue weighted by atomic mass is 32.1. The molecule has 2 aromatic rings. The summed E-state index contributed by atoms with van der Waals surface area (Å²) in [5.41, 5.74) is 0.228. The molecule has 14 heavy (non-hydrogen) atoms. The van der Waals surface area contributed by atoms with E-state index in [1.165, 1.54) is 0 Å². The van der Waals surface area contributed by atoms with Gasteiger partial charge in [0.05, 0.1) is 0 Å². The van der Waals surface area contributed by atoms with Crippen LogP contribution in [-0.4, -0.2) is 15.2 Å². The zero-order valence-electron chi connectivity index (χ0n) is 8.44. The molecule has 0 aromatic carbocycles. The van der Waals surface area contributed by atoms with Crippen LogP contribution in [0.25, 0.3) is 4.83 Å². The Morgan fingerprint density at radius 1 is 1.50 bits per heavy atom. The second-order valence-electron chi connectivity index (χ2n) is 4.29. The lowest BCUT2D eigenvalue weighted by Gasteiger charge is -2.14. The number of fused-ring (bicyclic) bond motifs is 1. The third-order valence-corrected chi connectivity index (χ3v) is 2.93. The molecule has 0 radical (unpaired) electrons. The minimum atomic E-state index is -0.362. The average Bonchev–Trinajstić information content (AvgIpc) is 2.59. The molecule has 0 aliphatic heterocycles. The molecule has 0 bridgehead atoms. The van der Waals surface area contributed by atoms with Crippen LogP contribution in [0.2, 0.25) is 0 Å². The van der Waals surface area contributed by atoms with Gasteiger partial charge in [-0.15, -0.1) is 11.3 Å². The molecule has 74 valence electrons. The van der Waals surface area contributed by atoms with Crippen LogP contribution in [0.1, 0.15) is 31.3 Å². The van der Waals surface area contributed by atoms with Crippen molar-refractivity contribution < 1.29 is 4.79 Å². The minimum Gasteiger partial charge on any atom is -0.296 e. The van der Waals surface area contributed by atoms with Crippen LogP contribution in [0.3, 0.4) is 0 Å². The second-order valence-corrected chi connectivity index (χ2v) is 5.18. The van der Waals surface area contributed by atoms with Gasteiger partial charge in [0.15, 0.2) is 5.78 Å². The van der Waals surface area contributed by atoms with Crippen molar-refractivity contribution >= 4 is 22.0 Å². The van der Waals surface area contributed by atoms with E-state index in [1.54, 1.807) is 17.7 Å². The first-order chi connectivity index (χ1) is 6.50. The Kier molecular flexibility index (Phi) is 1.96. The molecule has 0 N–H and O–H groups in total. The van der Waals surface area contributed by atoms with Gasteiger partial charge in [0, 0.05) is 17.0 Å². The Morgan fingerprint density at radius 3 is 2.86 bits per heavy atom. The van der Waals surface area contributed by atoms with E-state index in [4.69, 9.17) is 0 Å². The molecule has 0 fully saturated rings. The number of aromatic nitrogens is 2. The summed E-state index contributed by atoms with van der Waals surface area (Å²) < 4.78 is 1.88. The number of imidazole rings is 1. The molecule has 4 heteroatoms. The van der Waals surface area contributed by atoms with E-state index in [0.29, 0.717) is 5.69 Å². The summed E-state index contributed by atoms with van der Waals surface area (Å²) in [6.07, 6.45) is 3.59. The summed E-state index contributed by atoms with van der Waals surface area (Å²) >= 11 is 1.54. The van der Waals surface area contributed by atoms with Crippen molar-refractivity contribution in [3.05, 3.63) is 23.6 Å². The average molecular weight is 208 g/mol. The maximum atomic E-state index is 12.0. The second kappa shape index (κ2) is 2.92. The number of hydrogen-bond acceptors (Lipinski definition) is 3. The van der Waals surface area contributed by atoms with Crippen LogP contribution in [0.15, 0.2) is 17.9 Å². The summed E-state index contributed by atoms with van der Waals surface area (Å²) in [4.78, 5) is 17.1. The molecule has 2 rings (SSSR count). The molecule has 2 aromatic heterocycles. The van der Waals surface area contributed by atoms with Gasteiger partial charge in [-0.3, -0.25) is 9.20 Å². The van der Waals surface area contributed by atoms with E-state index in [1.807, 2.05) is 36.7 Å². The lowest BCUT2D eigenvalue weighted by Crippen LogP contribution is -2.20. The third-order valence-electron chi connectivity index (χ3n) is 2.05. The van der Waals surface area contributed by atoms with Crippen molar-refractivity contribution in [3.63, 3.8) is 0 Å². The Hall–Kier alpha value is -1.16. The minimum absolute atomic E-state index is 0.0995. The number of thiazole rings is 1. The molecule has 0 amide bonds. The predicted octanol–water partition coefficient (Wildman–Crippen LogP) is 2.62. The van der Waals surface area contributed by atoms with Gasteiger partial charge >= 0.3 is 0 Å². The SMILES string of the molecule is CC(C)(C)C(=O)c1ncn2ccsc12. The molecule has 0 saturated carbocycles. The first-order valence-corrected chi connectivity index (χ1v) is 5.33. The summed E-state index contributed by atoms with van der Waals surface area (Å²) in [6, 6.07) is 0. The van der Waals surface area contributed by atoms with Crippen molar-refractivity contribution in [3.8, 4) is 0 Å². The molecule has 0 unspecified atom stereocenters. The Morgan fingerprint density at radius 2 is 2.21 bits per heavy atom. The van der Waals surface area contributed by atoms with Crippen LogP contribution in [0, 0.1) is 5.41 Å². The molecule has 0 aliphatic rings. The summed E-state index contributed by atoms with van der Waals surface area (Å²) in [7, 11) is 0. The van der Waals surface area contributed by atoms with E-state index >= 15 is 0 Å². The Bertz CT molecular complexity index is 475. The lowest BCUT2D eigenvalue weighted by atomic mass is 9.89. The van der Waals surface area contributed by atoms with Gasteiger partial charge in [-0.25, -0.2) is 4.98 Å². The van der Waals surface area contributed by atoms with Crippen molar-refractivity contribution in [2.45, 2.75) is 20.8 Å². The van der Waals surface area contributed by atoms with Crippen molar-refractivity contribution in [2.24, 2.45) is 5.41 Å². The van der Waals surface area contributed by atoms with Crippen LogP contribution in [0.5, 0.6) is 0 Å². The summed E-state index contributed by atoms with van der Waals surface area (Å²) in [5, 5.41) is 1.95. The normalized spacial score (nSPS) is 12.2. The molecule has 3 nitrogen and oxygen atoms in total. The Labute approximate surface area is 86.4 Å². The quantitative estimate of drug-likeness (QED) is 0.675. The monoisotopic (exact) mass is 208 g/mol.